The van der Waals surface area contributed by atoms with Crippen molar-refractivity contribution in [2.45, 2.75) is 0 Å². The average molecular weight is 297 g/mol. The van der Waals surface area contributed by atoms with Crippen molar-refractivity contribution in [2.24, 2.45) is 7.05 Å². The van der Waals surface area contributed by atoms with E-state index < -0.39 is 4.92 Å². The molecule has 10 heteroatoms. The van der Waals surface area contributed by atoms with Crippen LogP contribution in [-0.4, -0.2) is 50.8 Å². The Kier molecular flexibility index (Phi) is 3.61. The molecule has 0 aliphatic carbocycles. The van der Waals surface area contributed by atoms with Crippen molar-refractivity contribution in [3.8, 4) is 0 Å². The zero-order chi connectivity index (χ0) is 14.1. The predicted molar refractivity (Wildman–Crippen MR) is 74.8 cm³/mol. The van der Waals surface area contributed by atoms with Gasteiger partial charge in [0.1, 0.15) is 11.9 Å². The Bertz CT molecular complexity index is 552. The monoisotopic (exact) mass is 297 g/mol. The molecule has 108 valence electrons. The average Bonchev–Trinajstić information content (AvgIpc) is 3.05. The summed E-state index contributed by atoms with van der Waals surface area (Å²) in [5.74, 6) is 0.561. The van der Waals surface area contributed by atoms with E-state index in [4.69, 9.17) is 0 Å². The van der Waals surface area contributed by atoms with Gasteiger partial charge in [-0.3, -0.25) is 0 Å². The van der Waals surface area contributed by atoms with E-state index in [0.717, 1.165) is 31.9 Å². The summed E-state index contributed by atoms with van der Waals surface area (Å²) in [6.45, 7) is 3.57. The summed E-state index contributed by atoms with van der Waals surface area (Å²) in [5.41, 5.74) is 0.826. The van der Waals surface area contributed by atoms with Crippen molar-refractivity contribution in [3.05, 3.63) is 27.5 Å². The minimum atomic E-state index is -0.429. The molecule has 0 spiro atoms. The molecule has 2 aliphatic heterocycles. The quantitative estimate of drug-likeness (QED) is 0.454. The van der Waals surface area contributed by atoms with Crippen LogP contribution in [-0.2, 0) is 7.05 Å². The molecule has 0 aromatic carbocycles. The molecular weight excluding hydrogens is 282 g/mol. The molecule has 1 aromatic heterocycles. The van der Waals surface area contributed by atoms with Crippen LogP contribution in [0.5, 0.6) is 0 Å². The molecule has 20 heavy (non-hydrogen) atoms. The van der Waals surface area contributed by atoms with Gasteiger partial charge in [-0.25, -0.2) is 19.7 Å². The highest BCUT2D eigenvalue weighted by Gasteiger charge is 2.31. The van der Waals surface area contributed by atoms with Crippen molar-refractivity contribution in [1.29, 1.82) is 0 Å². The number of aromatic nitrogens is 2. The van der Waals surface area contributed by atoms with Crippen molar-refractivity contribution in [1.82, 2.24) is 29.8 Å². The molecule has 9 nitrogen and oxygen atoms in total. The topological polar surface area (TPSA) is 91.5 Å². The number of rotatable bonds is 3. The van der Waals surface area contributed by atoms with Gasteiger partial charge < -0.3 is 15.4 Å². The minimum absolute atomic E-state index is 0.0157. The smallest absolute Gasteiger partial charge is 0.342 e. The lowest BCUT2D eigenvalue weighted by molar-refractivity contribution is -0.391. The number of hydrazine groups is 2. The van der Waals surface area contributed by atoms with Crippen LogP contribution < -0.4 is 10.1 Å². The zero-order valence-corrected chi connectivity index (χ0v) is 11.8. The van der Waals surface area contributed by atoms with Gasteiger partial charge in [0, 0.05) is 31.6 Å². The first-order valence-electron chi connectivity index (χ1n) is 6.22. The number of hydrogen-bond acceptors (Lipinski definition) is 8. The van der Waals surface area contributed by atoms with Crippen molar-refractivity contribution in [3.63, 3.8) is 0 Å². The molecule has 0 atom stereocenters. The molecule has 3 rings (SSSR count). The van der Waals surface area contributed by atoms with Crippen LogP contribution in [0.1, 0.15) is 5.82 Å². The third kappa shape index (κ3) is 2.26. The maximum atomic E-state index is 10.9. The first-order chi connectivity index (χ1) is 9.68. The summed E-state index contributed by atoms with van der Waals surface area (Å²) in [5, 5.41) is 20.2. The van der Waals surface area contributed by atoms with Gasteiger partial charge in [0.15, 0.2) is 0 Å². The highest BCUT2D eigenvalue weighted by atomic mass is 32.2. The number of imidazole rings is 1. The predicted octanol–water partition coefficient (Wildman–Crippen LogP) is -0.0847. The SMILES string of the molecule is Cn1c([N+](=O)[O-])cnc1C1=CSNN1N1CCNCC1. The number of nitrogens with zero attached hydrogens (tertiary/aromatic N) is 5. The van der Waals surface area contributed by atoms with E-state index in [9.17, 15) is 10.1 Å². The maximum Gasteiger partial charge on any atom is 0.342 e. The van der Waals surface area contributed by atoms with Crippen LogP contribution in [0.4, 0.5) is 5.82 Å². The zero-order valence-electron chi connectivity index (χ0n) is 10.9. The van der Waals surface area contributed by atoms with Gasteiger partial charge in [0.2, 0.25) is 5.82 Å². The molecule has 2 N–H and O–H groups in total. The van der Waals surface area contributed by atoms with Gasteiger partial charge in [0.25, 0.3) is 0 Å². The van der Waals surface area contributed by atoms with Crippen LogP contribution >= 0.6 is 11.9 Å². The number of nitro groups is 1. The molecule has 0 radical (unpaired) electrons. The fraction of sp³-hybridized carbons (Fsp3) is 0.500. The first kappa shape index (κ1) is 13.4. The molecular formula is C10H15N7O2S. The Labute approximate surface area is 119 Å². The maximum absolute atomic E-state index is 10.9. The van der Waals surface area contributed by atoms with Gasteiger partial charge in [0.05, 0.1) is 7.05 Å². The minimum Gasteiger partial charge on any atom is -0.358 e. The Balaban J connectivity index is 1.87. The van der Waals surface area contributed by atoms with Crippen molar-refractivity contribution >= 4 is 23.5 Å². The lowest BCUT2D eigenvalue weighted by atomic mass is 10.4. The number of nitrogens with one attached hydrogen (secondary N) is 2. The molecule has 0 saturated carbocycles. The lowest BCUT2D eigenvalue weighted by Gasteiger charge is -2.36. The van der Waals surface area contributed by atoms with Gasteiger partial charge in [-0.1, -0.05) is 0 Å². The highest BCUT2D eigenvalue weighted by molar-refractivity contribution is 8.00. The number of hydrogen-bond donors (Lipinski definition) is 2. The molecule has 1 saturated heterocycles. The van der Waals surface area contributed by atoms with Gasteiger partial charge in [-0.15, -0.1) is 0 Å². The van der Waals surface area contributed by atoms with E-state index in [2.05, 4.69) is 20.1 Å². The van der Waals surface area contributed by atoms with Crippen LogP contribution in [0.2, 0.25) is 0 Å². The van der Waals surface area contributed by atoms with Crippen LogP contribution in [0.25, 0.3) is 5.70 Å². The van der Waals surface area contributed by atoms with E-state index in [1.165, 1.54) is 22.7 Å². The Morgan fingerprint density at radius 2 is 2.20 bits per heavy atom. The Hall–Kier alpha value is -1.62. The molecule has 2 aliphatic rings. The summed E-state index contributed by atoms with van der Waals surface area (Å²) in [6, 6.07) is 0. The lowest BCUT2D eigenvalue weighted by Crippen LogP contribution is -2.53. The van der Waals surface area contributed by atoms with E-state index in [-0.39, 0.29) is 5.82 Å². The second kappa shape index (κ2) is 5.40. The first-order valence-corrected chi connectivity index (χ1v) is 7.10. The van der Waals surface area contributed by atoms with Crippen molar-refractivity contribution in [2.75, 3.05) is 26.2 Å². The van der Waals surface area contributed by atoms with Gasteiger partial charge in [-0.2, -0.15) is 4.83 Å². The third-order valence-corrected chi connectivity index (χ3v) is 3.91. The van der Waals surface area contributed by atoms with Gasteiger partial charge >= 0.3 is 5.82 Å². The van der Waals surface area contributed by atoms with Crippen LogP contribution in [0, 0.1) is 10.1 Å². The summed E-state index contributed by atoms with van der Waals surface area (Å²) >= 11 is 1.43. The number of piperazine rings is 1. The summed E-state index contributed by atoms with van der Waals surface area (Å²) in [4.78, 5) is 17.8. The Morgan fingerprint density at radius 1 is 1.45 bits per heavy atom. The summed E-state index contributed by atoms with van der Waals surface area (Å²) < 4.78 is 1.49. The van der Waals surface area contributed by atoms with Crippen LogP contribution in [0.15, 0.2) is 11.6 Å². The van der Waals surface area contributed by atoms with Crippen molar-refractivity contribution < 1.29 is 4.92 Å². The van der Waals surface area contributed by atoms with E-state index >= 15 is 0 Å². The fourth-order valence-electron chi connectivity index (χ4n) is 2.25. The van der Waals surface area contributed by atoms with Crippen LogP contribution in [0.3, 0.4) is 0 Å². The molecule has 1 aromatic rings. The molecule has 0 amide bonds. The fourth-order valence-corrected chi connectivity index (χ4v) is 2.93. The highest BCUT2D eigenvalue weighted by Crippen LogP contribution is 2.29. The standard InChI is InChI=1S/C10H15N7O2S/c1-14-9(17(18)19)6-12-10(14)8-7-20-13-16(8)15-4-2-11-3-5-15/h6-7,11,13H,2-5H2,1H3. The molecule has 0 bridgehead atoms. The van der Waals surface area contributed by atoms with E-state index in [1.807, 2.05) is 10.5 Å². The molecule has 3 heterocycles. The summed E-state index contributed by atoms with van der Waals surface area (Å²) in [6.07, 6.45) is 1.29. The van der Waals surface area contributed by atoms with E-state index in [1.54, 1.807) is 7.05 Å². The summed E-state index contributed by atoms with van der Waals surface area (Å²) in [7, 11) is 1.65. The molecule has 0 unspecified atom stereocenters. The normalized spacial score (nSPS) is 20.2. The Morgan fingerprint density at radius 3 is 2.85 bits per heavy atom. The van der Waals surface area contributed by atoms with E-state index in [0.29, 0.717) is 5.82 Å². The van der Waals surface area contributed by atoms with Gasteiger partial charge in [-0.05, 0) is 16.9 Å². The largest absolute Gasteiger partial charge is 0.358 e. The second-order valence-corrected chi connectivity index (χ2v) is 5.14. The second-order valence-electron chi connectivity index (χ2n) is 4.48. The third-order valence-electron chi connectivity index (χ3n) is 3.29. The molecule has 1 fully saturated rings.